The van der Waals surface area contributed by atoms with E-state index in [-0.39, 0.29) is 18.8 Å². The summed E-state index contributed by atoms with van der Waals surface area (Å²) in [7, 11) is -2.27. The summed E-state index contributed by atoms with van der Waals surface area (Å²) < 4.78 is 39.7. The van der Waals surface area contributed by atoms with Crippen LogP contribution in [0.3, 0.4) is 0 Å². The molecule has 0 heterocycles. The van der Waals surface area contributed by atoms with Crippen molar-refractivity contribution in [3.63, 3.8) is 0 Å². The largest absolute Gasteiger partial charge is 0.494 e. The van der Waals surface area contributed by atoms with E-state index in [1.165, 1.54) is 7.11 Å². The highest BCUT2D eigenvalue weighted by Gasteiger charge is 2.17. The van der Waals surface area contributed by atoms with Crippen LogP contribution in [0.15, 0.2) is 48.5 Å². The monoisotopic (exact) mass is 435 g/mol. The second-order valence-corrected chi connectivity index (χ2v) is 8.50. The fraction of sp³-hybridized carbons (Fsp3) is 0.333. The molecule has 0 aliphatic rings. The molecule has 0 bridgehead atoms. The molecule has 0 aliphatic carbocycles. The van der Waals surface area contributed by atoms with Crippen LogP contribution in [-0.4, -0.2) is 52.1 Å². The van der Waals surface area contributed by atoms with Crippen molar-refractivity contribution < 1.29 is 32.2 Å². The minimum atomic E-state index is -3.57. The Morgan fingerprint density at radius 2 is 1.53 bits per heavy atom. The lowest BCUT2D eigenvalue weighted by atomic mass is 10.2. The molecule has 0 aliphatic heterocycles. The standard InChI is InChI=1S/C21H25NO7S/c1-3-28-18-11-7-17(8-12-18)22-20(23)15-30(25,26)14-4-13-29-19-9-5-16(6-10-19)21(24)27-2/h5-12H,3-4,13-15H2,1-2H3,(H,22,23). The van der Waals surface area contributed by atoms with Gasteiger partial charge in [0.15, 0.2) is 9.84 Å². The van der Waals surface area contributed by atoms with E-state index >= 15 is 0 Å². The van der Waals surface area contributed by atoms with E-state index in [9.17, 15) is 18.0 Å². The molecule has 0 saturated heterocycles. The number of methoxy groups -OCH3 is 1. The minimum absolute atomic E-state index is 0.164. The number of nitrogens with one attached hydrogen (secondary N) is 1. The van der Waals surface area contributed by atoms with Crippen LogP contribution in [0.1, 0.15) is 23.7 Å². The summed E-state index contributed by atoms with van der Waals surface area (Å²) in [6.45, 7) is 2.57. The van der Waals surface area contributed by atoms with Gasteiger partial charge in [-0.15, -0.1) is 0 Å². The molecule has 2 aromatic carbocycles. The number of hydrogen-bond acceptors (Lipinski definition) is 7. The SMILES string of the molecule is CCOc1ccc(NC(=O)CS(=O)(=O)CCCOc2ccc(C(=O)OC)cc2)cc1. The zero-order chi connectivity index (χ0) is 22.0. The Labute approximate surface area is 176 Å². The summed E-state index contributed by atoms with van der Waals surface area (Å²) in [6.07, 6.45) is 0.234. The van der Waals surface area contributed by atoms with E-state index < -0.39 is 27.5 Å². The summed E-state index contributed by atoms with van der Waals surface area (Å²) in [5, 5.41) is 2.56. The Balaban J connectivity index is 1.74. The van der Waals surface area contributed by atoms with Gasteiger partial charge in [-0.1, -0.05) is 0 Å². The Morgan fingerprint density at radius 3 is 2.13 bits per heavy atom. The molecule has 0 spiro atoms. The van der Waals surface area contributed by atoms with E-state index in [1.54, 1.807) is 48.5 Å². The number of amides is 1. The van der Waals surface area contributed by atoms with E-state index in [1.807, 2.05) is 6.92 Å². The number of carbonyl (C=O) groups is 2. The first-order chi connectivity index (χ1) is 14.3. The van der Waals surface area contributed by atoms with Crippen LogP contribution in [0.2, 0.25) is 0 Å². The second-order valence-electron chi connectivity index (χ2n) is 6.32. The van der Waals surface area contributed by atoms with Crippen molar-refractivity contribution in [2.24, 2.45) is 0 Å². The molecule has 2 aromatic rings. The summed E-state index contributed by atoms with van der Waals surface area (Å²) >= 11 is 0. The van der Waals surface area contributed by atoms with E-state index in [2.05, 4.69) is 10.1 Å². The van der Waals surface area contributed by atoms with Crippen molar-refractivity contribution in [3.8, 4) is 11.5 Å². The Kier molecular flexibility index (Phi) is 8.67. The van der Waals surface area contributed by atoms with Gasteiger partial charge < -0.3 is 19.5 Å². The molecule has 0 aromatic heterocycles. The number of sulfone groups is 1. The van der Waals surface area contributed by atoms with Gasteiger partial charge in [-0.25, -0.2) is 13.2 Å². The van der Waals surface area contributed by atoms with Crippen molar-refractivity contribution in [1.82, 2.24) is 0 Å². The highest BCUT2D eigenvalue weighted by Crippen LogP contribution is 2.16. The molecule has 2 rings (SSSR count). The number of rotatable bonds is 11. The number of hydrogen-bond donors (Lipinski definition) is 1. The number of anilines is 1. The Morgan fingerprint density at radius 1 is 0.933 bits per heavy atom. The molecule has 0 saturated carbocycles. The maximum atomic E-state index is 12.1. The van der Waals surface area contributed by atoms with Crippen molar-refractivity contribution in [1.29, 1.82) is 0 Å². The normalized spacial score (nSPS) is 10.9. The molecule has 162 valence electrons. The number of benzene rings is 2. The first-order valence-electron chi connectivity index (χ1n) is 9.37. The molecular weight excluding hydrogens is 410 g/mol. The van der Waals surface area contributed by atoms with Crippen molar-refractivity contribution in [2.45, 2.75) is 13.3 Å². The molecule has 0 unspecified atom stereocenters. The lowest BCUT2D eigenvalue weighted by Gasteiger charge is -2.09. The molecule has 1 N–H and O–H groups in total. The van der Waals surface area contributed by atoms with Crippen LogP contribution in [0.25, 0.3) is 0 Å². The van der Waals surface area contributed by atoms with Crippen molar-refractivity contribution in [3.05, 3.63) is 54.1 Å². The Bertz CT molecular complexity index is 938. The minimum Gasteiger partial charge on any atom is -0.494 e. The number of carbonyl (C=O) groups excluding carboxylic acids is 2. The number of esters is 1. The van der Waals surface area contributed by atoms with Gasteiger partial charge in [0, 0.05) is 5.69 Å². The van der Waals surface area contributed by atoms with Crippen LogP contribution in [0.4, 0.5) is 5.69 Å². The van der Waals surface area contributed by atoms with Gasteiger partial charge in [-0.3, -0.25) is 4.79 Å². The predicted octanol–water partition coefficient (Wildman–Crippen LogP) is 2.69. The third kappa shape index (κ3) is 7.75. The predicted molar refractivity (Wildman–Crippen MR) is 113 cm³/mol. The first-order valence-corrected chi connectivity index (χ1v) is 11.2. The summed E-state index contributed by atoms with van der Waals surface area (Å²) in [6, 6.07) is 13.0. The van der Waals surface area contributed by atoms with Crippen LogP contribution in [0.5, 0.6) is 11.5 Å². The topological polar surface area (TPSA) is 108 Å². The maximum Gasteiger partial charge on any atom is 0.337 e. The molecule has 1 amide bonds. The zero-order valence-corrected chi connectivity index (χ0v) is 17.7. The van der Waals surface area contributed by atoms with Gasteiger partial charge >= 0.3 is 5.97 Å². The van der Waals surface area contributed by atoms with Gasteiger partial charge in [-0.2, -0.15) is 0 Å². The third-order valence-corrected chi connectivity index (χ3v) is 5.56. The van der Waals surface area contributed by atoms with Gasteiger partial charge in [0.2, 0.25) is 5.91 Å². The van der Waals surface area contributed by atoms with E-state index in [0.717, 1.165) is 0 Å². The molecule has 0 radical (unpaired) electrons. The first kappa shape index (κ1) is 23.2. The molecule has 30 heavy (non-hydrogen) atoms. The van der Waals surface area contributed by atoms with Crippen molar-refractivity contribution in [2.75, 3.05) is 37.1 Å². The quantitative estimate of drug-likeness (QED) is 0.427. The van der Waals surface area contributed by atoms with Crippen LogP contribution < -0.4 is 14.8 Å². The molecule has 9 heteroatoms. The maximum absolute atomic E-state index is 12.1. The van der Waals surface area contributed by atoms with Crippen LogP contribution >= 0.6 is 0 Å². The second kappa shape index (κ2) is 11.2. The van der Waals surface area contributed by atoms with Gasteiger partial charge in [0.25, 0.3) is 0 Å². The fourth-order valence-corrected chi connectivity index (χ4v) is 3.72. The van der Waals surface area contributed by atoms with Crippen LogP contribution in [0, 0.1) is 0 Å². The van der Waals surface area contributed by atoms with Gasteiger partial charge in [-0.05, 0) is 61.9 Å². The zero-order valence-electron chi connectivity index (χ0n) is 16.9. The number of ether oxygens (including phenoxy) is 3. The Hall–Kier alpha value is -3.07. The summed E-state index contributed by atoms with van der Waals surface area (Å²) in [5.74, 6) is -0.649. The van der Waals surface area contributed by atoms with Gasteiger partial charge in [0.05, 0.1) is 31.6 Å². The summed E-state index contributed by atoms with van der Waals surface area (Å²) in [5.41, 5.74) is 0.892. The lowest BCUT2D eigenvalue weighted by molar-refractivity contribution is -0.113. The lowest BCUT2D eigenvalue weighted by Crippen LogP contribution is -2.25. The average Bonchev–Trinajstić information content (AvgIpc) is 2.72. The molecule has 8 nitrogen and oxygen atoms in total. The summed E-state index contributed by atoms with van der Waals surface area (Å²) in [4.78, 5) is 23.4. The highest BCUT2D eigenvalue weighted by molar-refractivity contribution is 7.92. The molecule has 0 atom stereocenters. The molecular formula is C21H25NO7S. The van der Waals surface area contributed by atoms with E-state index in [0.29, 0.717) is 29.4 Å². The van der Waals surface area contributed by atoms with E-state index in [4.69, 9.17) is 9.47 Å². The van der Waals surface area contributed by atoms with Crippen molar-refractivity contribution >= 4 is 27.4 Å². The fourth-order valence-electron chi connectivity index (χ4n) is 2.54. The smallest absolute Gasteiger partial charge is 0.337 e. The molecule has 0 fully saturated rings. The third-order valence-electron chi connectivity index (χ3n) is 3.94. The highest BCUT2D eigenvalue weighted by atomic mass is 32.2. The van der Waals surface area contributed by atoms with Crippen LogP contribution in [-0.2, 0) is 19.4 Å². The average molecular weight is 435 g/mol. The van der Waals surface area contributed by atoms with Gasteiger partial charge in [0.1, 0.15) is 17.3 Å².